The standard InChI is InChI=1S/C17H33N3O/c1-18-17(14-21)8-2-5-15(17)7-12-19-9-4-11-20-10-3-6-16(20)13-19/h15-16,18,21H,2-14H2,1H3. The van der Waals surface area contributed by atoms with Gasteiger partial charge in [-0.1, -0.05) is 6.42 Å². The van der Waals surface area contributed by atoms with Crippen LogP contribution >= 0.6 is 0 Å². The van der Waals surface area contributed by atoms with Crippen LogP contribution < -0.4 is 5.32 Å². The largest absolute Gasteiger partial charge is 0.394 e. The van der Waals surface area contributed by atoms with E-state index in [4.69, 9.17) is 0 Å². The first-order valence-corrected chi connectivity index (χ1v) is 9.03. The van der Waals surface area contributed by atoms with Crippen molar-refractivity contribution >= 4 is 0 Å². The van der Waals surface area contributed by atoms with Gasteiger partial charge in [0.1, 0.15) is 0 Å². The SMILES string of the molecule is CNC1(CO)CCCC1CCN1CCCN2CCCC2C1. The lowest BCUT2D eigenvalue weighted by Crippen LogP contribution is -2.50. The van der Waals surface area contributed by atoms with Gasteiger partial charge in [0.15, 0.2) is 0 Å². The number of aliphatic hydroxyl groups excluding tert-OH is 1. The molecule has 4 nitrogen and oxygen atoms in total. The molecule has 3 rings (SSSR count). The Hall–Kier alpha value is -0.160. The molecule has 1 saturated carbocycles. The molecule has 2 aliphatic heterocycles. The van der Waals surface area contributed by atoms with Crippen molar-refractivity contribution in [2.45, 2.75) is 56.5 Å². The molecule has 1 aliphatic carbocycles. The maximum absolute atomic E-state index is 9.81. The van der Waals surface area contributed by atoms with E-state index in [1.54, 1.807) is 0 Å². The lowest BCUT2D eigenvalue weighted by molar-refractivity contribution is 0.116. The number of fused-ring (bicyclic) bond motifs is 1. The van der Waals surface area contributed by atoms with Gasteiger partial charge in [-0.3, -0.25) is 4.90 Å². The fraction of sp³-hybridized carbons (Fsp3) is 1.00. The van der Waals surface area contributed by atoms with Gasteiger partial charge in [0.05, 0.1) is 6.61 Å². The summed E-state index contributed by atoms with van der Waals surface area (Å²) >= 11 is 0. The highest BCUT2D eigenvalue weighted by atomic mass is 16.3. The zero-order valence-electron chi connectivity index (χ0n) is 13.7. The molecule has 4 heteroatoms. The zero-order valence-corrected chi connectivity index (χ0v) is 13.7. The van der Waals surface area contributed by atoms with E-state index < -0.39 is 0 Å². The Kier molecular flexibility index (Phi) is 5.20. The third kappa shape index (κ3) is 3.29. The topological polar surface area (TPSA) is 38.7 Å². The summed E-state index contributed by atoms with van der Waals surface area (Å²) in [6.45, 7) is 6.70. The molecule has 0 aromatic heterocycles. The molecule has 122 valence electrons. The molecule has 2 saturated heterocycles. The van der Waals surface area contributed by atoms with Crippen molar-refractivity contribution in [3.05, 3.63) is 0 Å². The summed E-state index contributed by atoms with van der Waals surface area (Å²) in [5, 5.41) is 13.2. The molecule has 0 aromatic rings. The summed E-state index contributed by atoms with van der Waals surface area (Å²) in [7, 11) is 2.02. The lowest BCUT2D eigenvalue weighted by atomic mass is 9.85. The van der Waals surface area contributed by atoms with E-state index in [0.29, 0.717) is 12.5 Å². The van der Waals surface area contributed by atoms with E-state index in [1.165, 1.54) is 71.2 Å². The quantitative estimate of drug-likeness (QED) is 0.802. The Morgan fingerprint density at radius 3 is 2.81 bits per heavy atom. The number of rotatable bonds is 5. The second kappa shape index (κ2) is 6.95. The van der Waals surface area contributed by atoms with Crippen molar-refractivity contribution in [1.82, 2.24) is 15.1 Å². The summed E-state index contributed by atoms with van der Waals surface area (Å²) < 4.78 is 0. The Morgan fingerprint density at radius 2 is 2.00 bits per heavy atom. The Labute approximate surface area is 129 Å². The smallest absolute Gasteiger partial charge is 0.0615 e. The average molecular weight is 295 g/mol. The second-order valence-corrected chi connectivity index (χ2v) is 7.43. The Morgan fingerprint density at radius 1 is 1.14 bits per heavy atom. The van der Waals surface area contributed by atoms with Crippen LogP contribution in [0.3, 0.4) is 0 Å². The number of aliphatic hydroxyl groups is 1. The van der Waals surface area contributed by atoms with Crippen LogP contribution in [0.1, 0.15) is 44.9 Å². The van der Waals surface area contributed by atoms with Crippen molar-refractivity contribution in [1.29, 1.82) is 0 Å². The number of nitrogens with zero attached hydrogens (tertiary/aromatic N) is 2. The summed E-state index contributed by atoms with van der Waals surface area (Å²) in [5.41, 5.74) is 0.00520. The fourth-order valence-corrected chi connectivity index (χ4v) is 5.01. The first-order valence-electron chi connectivity index (χ1n) is 9.03. The van der Waals surface area contributed by atoms with Gasteiger partial charge >= 0.3 is 0 Å². The van der Waals surface area contributed by atoms with Gasteiger partial charge < -0.3 is 15.3 Å². The number of hydrogen-bond donors (Lipinski definition) is 2. The minimum absolute atomic E-state index is 0.00520. The van der Waals surface area contributed by atoms with Crippen LogP contribution in [0.25, 0.3) is 0 Å². The average Bonchev–Trinajstić information content (AvgIpc) is 3.07. The van der Waals surface area contributed by atoms with Crippen LogP contribution in [0.5, 0.6) is 0 Å². The predicted octanol–water partition coefficient (Wildman–Crippen LogP) is 1.30. The molecule has 0 spiro atoms. The molecule has 21 heavy (non-hydrogen) atoms. The molecule has 0 radical (unpaired) electrons. The molecular weight excluding hydrogens is 262 g/mol. The summed E-state index contributed by atoms with van der Waals surface area (Å²) in [5.74, 6) is 0.649. The van der Waals surface area contributed by atoms with Gasteiger partial charge in [-0.25, -0.2) is 0 Å². The van der Waals surface area contributed by atoms with Gasteiger partial charge in [0.25, 0.3) is 0 Å². The predicted molar refractivity (Wildman–Crippen MR) is 86.5 cm³/mol. The zero-order chi connectivity index (χ0) is 14.7. The molecule has 3 atom stereocenters. The van der Waals surface area contributed by atoms with E-state index in [0.717, 1.165) is 12.5 Å². The van der Waals surface area contributed by atoms with E-state index >= 15 is 0 Å². The minimum Gasteiger partial charge on any atom is -0.394 e. The normalized spacial score (nSPS) is 38.6. The van der Waals surface area contributed by atoms with Gasteiger partial charge in [-0.15, -0.1) is 0 Å². The number of likely N-dealkylation sites (N-methyl/N-ethyl adjacent to an activating group) is 1. The van der Waals surface area contributed by atoms with Crippen LogP contribution in [-0.4, -0.2) is 72.9 Å². The van der Waals surface area contributed by atoms with E-state index in [1.807, 2.05) is 7.05 Å². The molecule has 2 N–H and O–H groups in total. The highest BCUT2D eigenvalue weighted by Crippen LogP contribution is 2.37. The third-order valence-corrected chi connectivity index (χ3v) is 6.42. The third-order valence-electron chi connectivity index (χ3n) is 6.42. The molecule has 3 unspecified atom stereocenters. The van der Waals surface area contributed by atoms with Crippen LogP contribution in [0.15, 0.2) is 0 Å². The van der Waals surface area contributed by atoms with Crippen molar-refractivity contribution in [3.63, 3.8) is 0 Å². The number of nitrogens with one attached hydrogen (secondary N) is 1. The highest BCUT2D eigenvalue weighted by molar-refractivity contribution is 4.98. The maximum atomic E-state index is 9.81. The molecule has 2 heterocycles. The summed E-state index contributed by atoms with van der Waals surface area (Å²) in [4.78, 5) is 5.41. The first kappa shape index (κ1) is 15.7. The lowest BCUT2D eigenvalue weighted by Gasteiger charge is -2.35. The molecular formula is C17H33N3O. The van der Waals surface area contributed by atoms with Crippen molar-refractivity contribution in [3.8, 4) is 0 Å². The molecule has 0 amide bonds. The molecule has 3 fully saturated rings. The van der Waals surface area contributed by atoms with E-state index in [-0.39, 0.29) is 5.54 Å². The monoisotopic (exact) mass is 295 g/mol. The van der Waals surface area contributed by atoms with Gasteiger partial charge in [0, 0.05) is 18.1 Å². The van der Waals surface area contributed by atoms with Crippen molar-refractivity contribution in [2.75, 3.05) is 46.4 Å². The Balaban J connectivity index is 1.52. The molecule has 0 bridgehead atoms. The van der Waals surface area contributed by atoms with Crippen LogP contribution in [0.2, 0.25) is 0 Å². The summed E-state index contributed by atoms with van der Waals surface area (Å²) in [6, 6.07) is 0.822. The van der Waals surface area contributed by atoms with Crippen molar-refractivity contribution < 1.29 is 5.11 Å². The first-order chi connectivity index (χ1) is 10.3. The van der Waals surface area contributed by atoms with E-state index in [2.05, 4.69) is 15.1 Å². The van der Waals surface area contributed by atoms with Crippen LogP contribution in [0.4, 0.5) is 0 Å². The fourth-order valence-electron chi connectivity index (χ4n) is 5.01. The molecule has 3 aliphatic rings. The van der Waals surface area contributed by atoms with Crippen LogP contribution in [0, 0.1) is 5.92 Å². The summed E-state index contributed by atoms with van der Waals surface area (Å²) in [6.07, 6.45) is 9.06. The van der Waals surface area contributed by atoms with Gasteiger partial charge in [0.2, 0.25) is 0 Å². The van der Waals surface area contributed by atoms with Gasteiger partial charge in [-0.2, -0.15) is 0 Å². The second-order valence-electron chi connectivity index (χ2n) is 7.43. The Bertz CT molecular complexity index is 332. The van der Waals surface area contributed by atoms with Crippen molar-refractivity contribution in [2.24, 2.45) is 5.92 Å². The van der Waals surface area contributed by atoms with E-state index in [9.17, 15) is 5.11 Å². The minimum atomic E-state index is 0.00520. The highest BCUT2D eigenvalue weighted by Gasteiger charge is 2.41. The van der Waals surface area contributed by atoms with Gasteiger partial charge in [-0.05, 0) is 77.7 Å². The maximum Gasteiger partial charge on any atom is 0.0615 e. The number of hydrogen-bond acceptors (Lipinski definition) is 4. The van der Waals surface area contributed by atoms with Crippen LogP contribution in [-0.2, 0) is 0 Å². The molecule has 0 aromatic carbocycles.